The first-order valence-corrected chi connectivity index (χ1v) is 7.36. The lowest BCUT2D eigenvalue weighted by Crippen LogP contribution is -2.26. The highest BCUT2D eigenvalue weighted by atomic mass is 16.5. The van der Waals surface area contributed by atoms with Gasteiger partial charge < -0.3 is 15.4 Å². The summed E-state index contributed by atoms with van der Waals surface area (Å²) in [4.78, 5) is 23.0. The lowest BCUT2D eigenvalue weighted by Gasteiger charge is -2.08. The third kappa shape index (κ3) is 6.79. The summed E-state index contributed by atoms with van der Waals surface area (Å²) < 4.78 is 4.67. The number of ether oxygens (including phenoxy) is 1. The molecule has 1 amide bonds. The normalized spacial score (nSPS) is 10.0. The van der Waals surface area contributed by atoms with Gasteiger partial charge in [0.25, 0.3) is 0 Å². The fourth-order valence-electron chi connectivity index (χ4n) is 1.89. The van der Waals surface area contributed by atoms with Crippen molar-refractivity contribution in [3.05, 3.63) is 29.8 Å². The molecule has 0 aliphatic heterocycles. The lowest BCUT2D eigenvalue weighted by molar-refractivity contribution is -0.120. The zero-order chi connectivity index (χ0) is 15.5. The summed E-state index contributed by atoms with van der Waals surface area (Å²) in [6.45, 7) is 3.41. The number of benzene rings is 1. The van der Waals surface area contributed by atoms with Crippen LogP contribution in [0.1, 0.15) is 43.0 Å². The highest BCUT2D eigenvalue weighted by Gasteiger charge is 2.05. The molecule has 116 valence electrons. The van der Waals surface area contributed by atoms with Crippen LogP contribution in [0.2, 0.25) is 0 Å². The first kappa shape index (κ1) is 17.0. The van der Waals surface area contributed by atoms with Crippen molar-refractivity contribution in [2.75, 3.05) is 25.5 Å². The largest absolute Gasteiger partial charge is 0.465 e. The number of unbranched alkanes of at least 4 members (excludes halogenated alkanes) is 2. The fourth-order valence-corrected chi connectivity index (χ4v) is 1.89. The van der Waals surface area contributed by atoms with Gasteiger partial charge >= 0.3 is 5.97 Å². The van der Waals surface area contributed by atoms with Gasteiger partial charge in [-0.05, 0) is 24.6 Å². The summed E-state index contributed by atoms with van der Waals surface area (Å²) in [5.74, 6) is -0.324. The Labute approximate surface area is 126 Å². The van der Waals surface area contributed by atoms with E-state index < -0.39 is 0 Å². The number of methoxy groups -OCH3 is 1. The molecule has 1 rings (SSSR count). The van der Waals surface area contributed by atoms with Crippen molar-refractivity contribution in [1.82, 2.24) is 5.32 Å². The van der Waals surface area contributed by atoms with Gasteiger partial charge in [0.15, 0.2) is 0 Å². The zero-order valence-electron chi connectivity index (χ0n) is 12.8. The number of amides is 1. The zero-order valence-corrected chi connectivity index (χ0v) is 12.8. The number of carbonyl (C=O) groups excluding carboxylic acids is 2. The number of esters is 1. The van der Waals surface area contributed by atoms with Crippen LogP contribution >= 0.6 is 0 Å². The van der Waals surface area contributed by atoms with E-state index in [9.17, 15) is 9.59 Å². The molecule has 0 radical (unpaired) electrons. The van der Waals surface area contributed by atoms with Gasteiger partial charge in [0.05, 0.1) is 12.7 Å². The summed E-state index contributed by atoms with van der Waals surface area (Å²) in [7, 11) is 1.35. The van der Waals surface area contributed by atoms with Crippen molar-refractivity contribution in [1.29, 1.82) is 0 Å². The molecular weight excluding hydrogens is 268 g/mol. The average Bonchev–Trinajstić information content (AvgIpc) is 2.51. The maximum Gasteiger partial charge on any atom is 0.337 e. The molecule has 0 aromatic heterocycles. The first-order valence-electron chi connectivity index (χ1n) is 7.36. The Hall–Kier alpha value is -2.04. The van der Waals surface area contributed by atoms with Crippen molar-refractivity contribution in [3.8, 4) is 0 Å². The molecule has 1 aromatic carbocycles. The quantitative estimate of drug-likeness (QED) is 0.542. The van der Waals surface area contributed by atoms with Gasteiger partial charge in [-0.2, -0.15) is 0 Å². The van der Waals surface area contributed by atoms with Crippen LogP contribution in [-0.4, -0.2) is 32.1 Å². The van der Waals surface area contributed by atoms with Crippen LogP contribution in [0.25, 0.3) is 0 Å². The molecule has 0 unspecified atom stereocenters. The van der Waals surface area contributed by atoms with E-state index in [1.807, 2.05) is 6.07 Å². The SMILES string of the molecule is CCCCCNC(=O)CCNc1cccc(C(=O)OC)c1. The van der Waals surface area contributed by atoms with Gasteiger partial charge in [0.1, 0.15) is 0 Å². The van der Waals surface area contributed by atoms with Crippen molar-refractivity contribution in [2.45, 2.75) is 32.6 Å². The number of rotatable bonds is 9. The van der Waals surface area contributed by atoms with E-state index in [1.54, 1.807) is 18.2 Å². The van der Waals surface area contributed by atoms with Gasteiger partial charge in [-0.25, -0.2) is 4.79 Å². The summed E-state index contributed by atoms with van der Waals surface area (Å²) in [6.07, 6.45) is 3.72. The molecule has 0 atom stereocenters. The first-order chi connectivity index (χ1) is 10.2. The van der Waals surface area contributed by atoms with Crippen LogP contribution in [0.5, 0.6) is 0 Å². The summed E-state index contributed by atoms with van der Waals surface area (Å²) in [5, 5.41) is 6.02. The van der Waals surface area contributed by atoms with Gasteiger partial charge in [-0.15, -0.1) is 0 Å². The highest BCUT2D eigenvalue weighted by molar-refractivity contribution is 5.90. The minimum Gasteiger partial charge on any atom is -0.465 e. The molecule has 0 aliphatic rings. The number of hydrogen-bond acceptors (Lipinski definition) is 4. The predicted octanol–water partition coefficient (Wildman–Crippen LogP) is 2.58. The van der Waals surface area contributed by atoms with E-state index in [0.717, 1.165) is 31.5 Å². The maximum absolute atomic E-state index is 11.6. The maximum atomic E-state index is 11.6. The molecule has 1 aromatic rings. The molecule has 5 nitrogen and oxygen atoms in total. The second-order valence-corrected chi connectivity index (χ2v) is 4.81. The predicted molar refractivity (Wildman–Crippen MR) is 83.4 cm³/mol. The lowest BCUT2D eigenvalue weighted by atomic mass is 10.2. The van der Waals surface area contributed by atoms with Crippen molar-refractivity contribution in [3.63, 3.8) is 0 Å². The molecule has 5 heteroatoms. The molecule has 21 heavy (non-hydrogen) atoms. The van der Waals surface area contributed by atoms with E-state index in [1.165, 1.54) is 7.11 Å². The van der Waals surface area contributed by atoms with Crippen molar-refractivity contribution in [2.24, 2.45) is 0 Å². The van der Waals surface area contributed by atoms with Crippen LogP contribution < -0.4 is 10.6 Å². The van der Waals surface area contributed by atoms with Crippen LogP contribution in [0, 0.1) is 0 Å². The van der Waals surface area contributed by atoms with E-state index >= 15 is 0 Å². The molecule has 0 spiro atoms. The van der Waals surface area contributed by atoms with E-state index in [4.69, 9.17) is 0 Å². The van der Waals surface area contributed by atoms with E-state index in [0.29, 0.717) is 18.5 Å². The fraction of sp³-hybridized carbons (Fsp3) is 0.500. The minimum atomic E-state index is -0.368. The number of anilines is 1. The standard InChI is InChI=1S/C16H24N2O3/c1-3-4-5-10-18-15(19)9-11-17-14-8-6-7-13(12-14)16(20)21-2/h6-8,12,17H,3-5,9-11H2,1-2H3,(H,18,19). The minimum absolute atomic E-state index is 0.0442. The number of nitrogens with one attached hydrogen (secondary N) is 2. The summed E-state index contributed by atoms with van der Waals surface area (Å²) in [6, 6.07) is 7.04. The third-order valence-electron chi connectivity index (χ3n) is 3.07. The molecule has 0 heterocycles. The van der Waals surface area contributed by atoms with Crippen molar-refractivity contribution < 1.29 is 14.3 Å². The summed E-state index contributed by atoms with van der Waals surface area (Å²) >= 11 is 0. The number of carbonyl (C=O) groups is 2. The van der Waals surface area contributed by atoms with Crippen molar-refractivity contribution >= 4 is 17.6 Å². The second-order valence-electron chi connectivity index (χ2n) is 4.81. The summed E-state index contributed by atoms with van der Waals surface area (Å²) in [5.41, 5.74) is 1.29. The van der Waals surface area contributed by atoms with Gasteiger partial charge in [-0.1, -0.05) is 25.8 Å². The molecule has 0 aliphatic carbocycles. The Morgan fingerprint density at radius 1 is 1.19 bits per heavy atom. The monoisotopic (exact) mass is 292 g/mol. The topological polar surface area (TPSA) is 67.4 Å². The van der Waals surface area contributed by atoms with Crippen LogP contribution in [-0.2, 0) is 9.53 Å². The molecule has 0 saturated heterocycles. The second kappa shape index (κ2) is 9.80. The van der Waals surface area contributed by atoms with Crippen LogP contribution in [0.4, 0.5) is 5.69 Å². The van der Waals surface area contributed by atoms with Gasteiger partial charge in [-0.3, -0.25) is 4.79 Å². The molecular formula is C16H24N2O3. The van der Waals surface area contributed by atoms with Gasteiger partial charge in [0, 0.05) is 25.2 Å². The Morgan fingerprint density at radius 3 is 2.71 bits per heavy atom. The average molecular weight is 292 g/mol. The Bertz CT molecular complexity index is 461. The molecule has 0 fully saturated rings. The Balaban J connectivity index is 2.29. The smallest absolute Gasteiger partial charge is 0.337 e. The Kier molecular flexibility index (Phi) is 7.94. The Morgan fingerprint density at radius 2 is 2.00 bits per heavy atom. The van der Waals surface area contributed by atoms with E-state index in [-0.39, 0.29) is 11.9 Å². The van der Waals surface area contributed by atoms with Gasteiger partial charge in [0.2, 0.25) is 5.91 Å². The third-order valence-corrected chi connectivity index (χ3v) is 3.07. The molecule has 0 bridgehead atoms. The van der Waals surface area contributed by atoms with E-state index in [2.05, 4.69) is 22.3 Å². The molecule has 2 N–H and O–H groups in total. The van der Waals surface area contributed by atoms with Crippen LogP contribution in [0.15, 0.2) is 24.3 Å². The van der Waals surface area contributed by atoms with Crippen LogP contribution in [0.3, 0.4) is 0 Å². The highest BCUT2D eigenvalue weighted by Crippen LogP contribution is 2.11. The molecule has 0 saturated carbocycles. The number of hydrogen-bond donors (Lipinski definition) is 2.